The van der Waals surface area contributed by atoms with Crippen LogP contribution in [0.3, 0.4) is 0 Å². The number of halogens is 1. The summed E-state index contributed by atoms with van der Waals surface area (Å²) in [6, 6.07) is 14.8. The van der Waals surface area contributed by atoms with Gasteiger partial charge in [-0.2, -0.15) is 9.89 Å². The normalized spacial score (nSPS) is 11.5. The zero-order chi connectivity index (χ0) is 24.1. The Bertz CT molecular complexity index is 1780. The maximum atomic E-state index is 13.3. The van der Waals surface area contributed by atoms with E-state index in [2.05, 4.69) is 30.6 Å². The number of aryl methyl sites for hydroxylation is 2. The molecule has 0 radical (unpaired) electrons. The topological polar surface area (TPSA) is 111 Å². The zero-order valence-electron chi connectivity index (χ0n) is 18.8. The van der Waals surface area contributed by atoms with Gasteiger partial charge in [-0.25, -0.2) is 9.97 Å². The highest BCUT2D eigenvalue weighted by Gasteiger charge is 2.31. The minimum Gasteiger partial charge on any atom is -0.309 e. The number of nitrogens with one attached hydrogen (secondary N) is 1. The van der Waals surface area contributed by atoms with Crippen molar-refractivity contribution in [1.82, 2.24) is 34.3 Å². The average molecular weight is 487 g/mol. The first-order valence-electron chi connectivity index (χ1n) is 10.8. The predicted octanol–water partition coefficient (Wildman–Crippen LogP) is 1.43. The van der Waals surface area contributed by atoms with Crippen LogP contribution >= 0.6 is 11.6 Å². The van der Waals surface area contributed by atoms with Gasteiger partial charge >= 0.3 is 17.1 Å². The molecule has 0 spiro atoms. The molecule has 6 aromatic rings. The smallest absolute Gasteiger partial charge is 0.309 e. The van der Waals surface area contributed by atoms with E-state index in [1.54, 1.807) is 45.4 Å². The van der Waals surface area contributed by atoms with Crippen LogP contribution in [0.4, 0.5) is 11.8 Å². The lowest BCUT2D eigenvalue weighted by atomic mass is 10.2. The summed E-state index contributed by atoms with van der Waals surface area (Å²) in [6.07, 6.45) is 3.36. The second-order valence-electron chi connectivity index (χ2n) is 8.08. The van der Waals surface area contributed by atoms with Gasteiger partial charge in [-0.3, -0.25) is 4.68 Å². The Balaban J connectivity index is 1.45. The Kier molecular flexibility index (Phi) is 4.85. The summed E-state index contributed by atoms with van der Waals surface area (Å²) in [5.74, 6) is 1.64. The van der Waals surface area contributed by atoms with E-state index >= 15 is 0 Å². The first kappa shape index (κ1) is 21.1. The molecular weight excluding hydrogens is 468 g/mol. The quantitative estimate of drug-likeness (QED) is 0.367. The van der Waals surface area contributed by atoms with E-state index in [0.717, 1.165) is 16.9 Å². The summed E-state index contributed by atoms with van der Waals surface area (Å²) in [7, 11) is 3.56. The molecule has 0 saturated heterocycles. The van der Waals surface area contributed by atoms with Crippen LogP contribution in [-0.4, -0.2) is 34.3 Å². The van der Waals surface area contributed by atoms with Crippen molar-refractivity contribution in [3.8, 4) is 11.3 Å². The van der Waals surface area contributed by atoms with Crippen LogP contribution in [-0.2, 0) is 20.6 Å². The molecule has 172 valence electrons. The Morgan fingerprint density at radius 2 is 1.97 bits per heavy atom. The monoisotopic (exact) mass is 486 g/mol. The lowest BCUT2D eigenvalue weighted by Gasteiger charge is -2.06. The van der Waals surface area contributed by atoms with Gasteiger partial charge < -0.3 is 5.32 Å². The molecule has 12 heteroatoms. The van der Waals surface area contributed by atoms with Crippen LogP contribution in [0.1, 0.15) is 5.56 Å². The molecule has 0 fully saturated rings. The largest absolute Gasteiger partial charge is 0.565 e. The maximum absolute atomic E-state index is 13.3. The second-order valence-corrected chi connectivity index (χ2v) is 8.52. The van der Waals surface area contributed by atoms with Crippen LogP contribution in [0.25, 0.3) is 28.3 Å². The summed E-state index contributed by atoms with van der Waals surface area (Å²) in [5.41, 5.74) is 3.38. The van der Waals surface area contributed by atoms with Crippen LogP contribution in [0.5, 0.6) is 0 Å². The number of nitrogens with zero attached hydrogens (tertiary/aromatic N) is 9. The standard InChI is InChI=1S/C23H18ClN10O/c1-31-20-12-15(17-6-8-25-21(27-17)28-18-7-9-26-32(18)2)11-19-29-30-22(34(19)20)33(23(31)35)13-14-4-3-5-16(24)10-14/h3-12H,13H2,1-2H3/q+1/p+1. The minimum absolute atomic E-state index is 0.217. The SMILES string of the molecule is Cn1nccc1Nc1nccc(-c2cc3nnc4n3c(c2)[n+](C)c(=O)[n+]4Cc2cccc(Cl)c2)n1. The molecular formula is C23H19ClN10O+2. The Morgan fingerprint density at radius 3 is 2.77 bits per heavy atom. The second kappa shape index (κ2) is 8.06. The fourth-order valence-electron chi connectivity index (χ4n) is 4.07. The summed E-state index contributed by atoms with van der Waals surface area (Å²) in [5, 5.41) is 16.6. The molecule has 0 bridgehead atoms. The molecule has 1 N–H and O–H groups in total. The van der Waals surface area contributed by atoms with E-state index < -0.39 is 0 Å². The van der Waals surface area contributed by atoms with Crippen LogP contribution in [0.2, 0.25) is 5.02 Å². The molecule has 6 rings (SSSR count). The maximum Gasteiger partial charge on any atom is 0.565 e. The molecule has 1 aromatic carbocycles. The van der Waals surface area contributed by atoms with Crippen molar-refractivity contribution in [3.63, 3.8) is 0 Å². The van der Waals surface area contributed by atoms with Crippen molar-refractivity contribution in [2.45, 2.75) is 6.54 Å². The lowest BCUT2D eigenvalue weighted by Crippen LogP contribution is -2.67. The third-order valence-corrected chi connectivity index (χ3v) is 6.05. The Morgan fingerprint density at radius 1 is 1.09 bits per heavy atom. The molecule has 35 heavy (non-hydrogen) atoms. The number of benzene rings is 1. The van der Waals surface area contributed by atoms with Gasteiger partial charge in [0.15, 0.2) is 0 Å². The van der Waals surface area contributed by atoms with Gasteiger partial charge in [-0.15, -0.1) is 4.57 Å². The van der Waals surface area contributed by atoms with E-state index in [1.165, 1.54) is 0 Å². The zero-order valence-corrected chi connectivity index (χ0v) is 19.5. The fourth-order valence-corrected chi connectivity index (χ4v) is 4.28. The van der Waals surface area contributed by atoms with Crippen LogP contribution in [0, 0.1) is 0 Å². The van der Waals surface area contributed by atoms with Crippen molar-refractivity contribution in [3.05, 3.63) is 82.0 Å². The van der Waals surface area contributed by atoms with Gasteiger partial charge in [0, 0.05) is 41.5 Å². The van der Waals surface area contributed by atoms with Gasteiger partial charge in [-0.1, -0.05) is 37.8 Å². The third-order valence-electron chi connectivity index (χ3n) is 5.81. The molecule has 5 heterocycles. The number of hydrogen-bond donors (Lipinski definition) is 1. The van der Waals surface area contributed by atoms with E-state index in [1.807, 2.05) is 47.8 Å². The predicted molar refractivity (Wildman–Crippen MR) is 127 cm³/mol. The number of anilines is 2. The highest BCUT2D eigenvalue weighted by molar-refractivity contribution is 6.30. The summed E-state index contributed by atoms with van der Waals surface area (Å²) < 4.78 is 6.71. The van der Waals surface area contributed by atoms with E-state index in [0.29, 0.717) is 40.3 Å². The van der Waals surface area contributed by atoms with Crippen molar-refractivity contribution in [1.29, 1.82) is 0 Å². The molecule has 0 saturated carbocycles. The Labute approximate surface area is 203 Å². The molecule has 0 unspecified atom stereocenters. The summed E-state index contributed by atoms with van der Waals surface area (Å²) in [4.78, 5) is 22.3. The molecule has 5 aromatic heterocycles. The Hall–Kier alpha value is -4.51. The minimum atomic E-state index is -0.217. The molecule has 0 aliphatic carbocycles. The van der Waals surface area contributed by atoms with Gasteiger partial charge in [0.1, 0.15) is 19.4 Å². The van der Waals surface area contributed by atoms with E-state index in [4.69, 9.17) is 11.6 Å². The van der Waals surface area contributed by atoms with Gasteiger partial charge in [0.05, 0.1) is 18.0 Å². The number of rotatable bonds is 5. The van der Waals surface area contributed by atoms with Crippen molar-refractivity contribution < 1.29 is 9.13 Å². The summed E-state index contributed by atoms with van der Waals surface area (Å²) >= 11 is 6.14. The molecule has 0 amide bonds. The van der Waals surface area contributed by atoms with Gasteiger partial charge in [-0.05, 0) is 23.3 Å². The van der Waals surface area contributed by atoms with Crippen molar-refractivity contribution in [2.75, 3.05) is 5.32 Å². The molecule has 0 aliphatic heterocycles. The highest BCUT2D eigenvalue weighted by atomic mass is 35.5. The van der Waals surface area contributed by atoms with Crippen molar-refractivity contribution >= 4 is 40.4 Å². The average Bonchev–Trinajstić information content (AvgIpc) is 3.47. The van der Waals surface area contributed by atoms with E-state index in [-0.39, 0.29) is 5.69 Å². The third kappa shape index (κ3) is 3.62. The van der Waals surface area contributed by atoms with E-state index in [9.17, 15) is 4.79 Å². The molecule has 0 atom stereocenters. The summed E-state index contributed by atoms with van der Waals surface area (Å²) in [6.45, 7) is 0.320. The molecule has 11 nitrogen and oxygen atoms in total. The van der Waals surface area contributed by atoms with Crippen molar-refractivity contribution in [2.24, 2.45) is 14.1 Å². The van der Waals surface area contributed by atoms with Crippen LogP contribution in [0.15, 0.2) is 65.7 Å². The first-order valence-corrected chi connectivity index (χ1v) is 11.1. The first-order chi connectivity index (χ1) is 17.0. The van der Waals surface area contributed by atoms with Gasteiger partial charge in [0.2, 0.25) is 5.95 Å². The molecule has 0 aliphatic rings. The van der Waals surface area contributed by atoms with Crippen LogP contribution < -0.4 is 20.1 Å². The number of pyridine rings is 1. The lowest BCUT2D eigenvalue weighted by molar-refractivity contribution is -0.815. The number of aromatic nitrogens is 9. The van der Waals surface area contributed by atoms with Gasteiger partial charge in [0.25, 0.3) is 5.65 Å². The number of hydrogen-bond acceptors (Lipinski definition) is 7. The fraction of sp³-hybridized carbons (Fsp3) is 0.130. The highest BCUT2D eigenvalue weighted by Crippen LogP contribution is 2.22.